The van der Waals surface area contributed by atoms with Crippen LogP contribution >= 0.6 is 11.5 Å². The second-order valence-corrected chi connectivity index (χ2v) is 2.54. The van der Waals surface area contributed by atoms with Crippen LogP contribution in [0, 0.1) is 0 Å². The molecule has 48 valence electrons. The van der Waals surface area contributed by atoms with Crippen molar-refractivity contribution in [3.05, 3.63) is 17.1 Å². The molecule has 1 amide bonds. The maximum absolute atomic E-state index is 10.3. The average Bonchev–Trinajstić information content (AvgIpc) is 2.15. The Bertz CT molecular complexity index is 195. The molecule has 0 bridgehead atoms. The number of hydrogen-bond acceptors (Lipinski definition) is 3. The summed E-state index contributed by atoms with van der Waals surface area (Å²) in [6, 6.07) is 1.79. The van der Waals surface area contributed by atoms with Gasteiger partial charge in [0.25, 0.3) is 0 Å². The van der Waals surface area contributed by atoms with Crippen LogP contribution in [0.3, 0.4) is 0 Å². The molecule has 9 heavy (non-hydrogen) atoms. The molecule has 1 rings (SSSR count). The average molecular weight is 142 g/mol. The third kappa shape index (κ3) is 1.81. The monoisotopic (exact) mass is 142 g/mol. The summed E-state index contributed by atoms with van der Waals surface area (Å²) in [4.78, 5) is 11.2. The van der Waals surface area contributed by atoms with E-state index >= 15 is 0 Å². The predicted octanol–water partition coefficient (Wildman–Crippen LogP) is 0.171. The van der Waals surface area contributed by atoms with Crippen LogP contribution in [-0.2, 0) is 11.2 Å². The fraction of sp³-hybridized carbons (Fsp3) is 0.200. The number of hydrogen-bond donors (Lipinski definition) is 1. The molecule has 0 fully saturated rings. The lowest BCUT2D eigenvalue weighted by Gasteiger charge is -1.85. The summed E-state index contributed by atoms with van der Waals surface area (Å²) in [5, 5.41) is 0. The van der Waals surface area contributed by atoms with Gasteiger partial charge < -0.3 is 5.73 Å². The Morgan fingerprint density at radius 2 is 2.67 bits per heavy atom. The van der Waals surface area contributed by atoms with E-state index in [-0.39, 0.29) is 5.91 Å². The van der Waals surface area contributed by atoms with Crippen molar-refractivity contribution in [2.75, 3.05) is 0 Å². The number of aromatic nitrogens is 1. The van der Waals surface area contributed by atoms with Gasteiger partial charge in [-0.25, -0.2) is 4.37 Å². The Hall–Kier alpha value is -0.900. The van der Waals surface area contributed by atoms with Crippen molar-refractivity contribution in [1.82, 2.24) is 4.37 Å². The summed E-state index contributed by atoms with van der Waals surface area (Å²) < 4.78 is 3.81. The van der Waals surface area contributed by atoms with E-state index in [0.717, 1.165) is 4.88 Å². The van der Waals surface area contributed by atoms with Crippen molar-refractivity contribution < 1.29 is 4.79 Å². The lowest BCUT2D eigenvalue weighted by molar-refractivity contribution is -0.117. The zero-order chi connectivity index (χ0) is 6.69. The molecule has 0 saturated carbocycles. The van der Waals surface area contributed by atoms with Gasteiger partial charge in [-0.15, -0.1) is 0 Å². The second-order valence-electron chi connectivity index (χ2n) is 1.62. The van der Waals surface area contributed by atoms with E-state index in [1.54, 1.807) is 12.3 Å². The molecule has 0 aliphatic rings. The number of carbonyl (C=O) groups is 1. The van der Waals surface area contributed by atoms with Crippen molar-refractivity contribution >= 4 is 17.4 Å². The molecule has 1 heterocycles. The molecular formula is C5H6N2OS. The van der Waals surface area contributed by atoms with Crippen LogP contribution in [0.2, 0.25) is 0 Å². The standard InChI is InChI=1S/C5H6N2OS/c6-5(8)3-4-1-2-7-9-4/h1-2H,3H2,(H2,6,8). The van der Waals surface area contributed by atoms with E-state index in [1.807, 2.05) is 0 Å². The van der Waals surface area contributed by atoms with Crippen molar-refractivity contribution in [2.45, 2.75) is 6.42 Å². The number of rotatable bonds is 2. The minimum absolute atomic E-state index is 0.306. The maximum Gasteiger partial charge on any atom is 0.222 e. The highest BCUT2D eigenvalue weighted by atomic mass is 32.1. The fourth-order valence-electron chi connectivity index (χ4n) is 0.505. The first kappa shape index (κ1) is 6.22. The van der Waals surface area contributed by atoms with Gasteiger partial charge in [-0.05, 0) is 17.6 Å². The van der Waals surface area contributed by atoms with Crippen LogP contribution in [0.4, 0.5) is 0 Å². The first-order valence-corrected chi connectivity index (χ1v) is 3.24. The van der Waals surface area contributed by atoms with Gasteiger partial charge in [0.05, 0.1) is 6.42 Å². The Labute approximate surface area is 56.7 Å². The minimum Gasteiger partial charge on any atom is -0.369 e. The predicted molar refractivity (Wildman–Crippen MR) is 35.0 cm³/mol. The molecule has 3 nitrogen and oxygen atoms in total. The van der Waals surface area contributed by atoms with Crippen molar-refractivity contribution in [3.8, 4) is 0 Å². The van der Waals surface area contributed by atoms with Crippen LogP contribution in [0.1, 0.15) is 4.88 Å². The molecule has 1 aromatic heterocycles. The number of amides is 1. The molecule has 0 unspecified atom stereocenters. The van der Waals surface area contributed by atoms with Gasteiger partial charge in [-0.3, -0.25) is 4.79 Å². The molecule has 2 N–H and O–H groups in total. The van der Waals surface area contributed by atoms with Crippen LogP contribution in [0.15, 0.2) is 12.3 Å². The van der Waals surface area contributed by atoms with Crippen LogP contribution in [-0.4, -0.2) is 10.3 Å². The van der Waals surface area contributed by atoms with Gasteiger partial charge in [-0.1, -0.05) is 0 Å². The first-order valence-electron chi connectivity index (χ1n) is 2.47. The van der Waals surface area contributed by atoms with Gasteiger partial charge in [0.15, 0.2) is 0 Å². The number of nitrogens with two attached hydrogens (primary N) is 1. The van der Waals surface area contributed by atoms with Crippen molar-refractivity contribution in [1.29, 1.82) is 0 Å². The zero-order valence-corrected chi connectivity index (χ0v) is 5.52. The molecule has 0 saturated heterocycles. The molecule has 1 aromatic rings. The first-order chi connectivity index (χ1) is 4.29. The normalized spacial score (nSPS) is 9.33. The highest BCUT2D eigenvalue weighted by molar-refractivity contribution is 7.05. The number of primary amides is 1. The number of carbonyl (C=O) groups excluding carboxylic acids is 1. The Balaban J connectivity index is 2.58. The molecule has 0 spiro atoms. The molecular weight excluding hydrogens is 136 g/mol. The Kier molecular flexibility index (Phi) is 1.79. The van der Waals surface area contributed by atoms with Crippen molar-refractivity contribution in [3.63, 3.8) is 0 Å². The zero-order valence-electron chi connectivity index (χ0n) is 4.70. The highest BCUT2D eigenvalue weighted by Crippen LogP contribution is 2.03. The summed E-state index contributed by atoms with van der Waals surface area (Å²) in [7, 11) is 0. The van der Waals surface area contributed by atoms with Crippen LogP contribution in [0.5, 0.6) is 0 Å². The van der Waals surface area contributed by atoms with E-state index in [2.05, 4.69) is 4.37 Å². The minimum atomic E-state index is -0.306. The highest BCUT2D eigenvalue weighted by Gasteiger charge is 1.97. The summed E-state index contributed by atoms with van der Waals surface area (Å²) >= 11 is 1.30. The molecule has 0 aromatic carbocycles. The molecule has 0 aliphatic carbocycles. The summed E-state index contributed by atoms with van der Waals surface area (Å²) in [5.74, 6) is -0.306. The number of nitrogens with zero attached hydrogens (tertiary/aromatic N) is 1. The quantitative estimate of drug-likeness (QED) is 0.640. The smallest absolute Gasteiger partial charge is 0.222 e. The molecule has 0 aliphatic heterocycles. The molecule has 0 radical (unpaired) electrons. The SMILES string of the molecule is NC(=O)Cc1ccns1. The molecule has 4 heteroatoms. The Morgan fingerprint density at radius 1 is 1.89 bits per heavy atom. The summed E-state index contributed by atoms with van der Waals surface area (Å²) in [6.45, 7) is 0. The third-order valence-electron chi connectivity index (χ3n) is 0.840. The van der Waals surface area contributed by atoms with Gasteiger partial charge in [-0.2, -0.15) is 0 Å². The van der Waals surface area contributed by atoms with E-state index in [1.165, 1.54) is 11.5 Å². The van der Waals surface area contributed by atoms with Crippen molar-refractivity contribution in [2.24, 2.45) is 5.73 Å². The van der Waals surface area contributed by atoms with Gasteiger partial charge in [0, 0.05) is 11.1 Å². The summed E-state index contributed by atoms with van der Waals surface area (Å²) in [6.07, 6.45) is 1.97. The van der Waals surface area contributed by atoms with E-state index in [4.69, 9.17) is 5.73 Å². The van der Waals surface area contributed by atoms with Gasteiger partial charge >= 0.3 is 0 Å². The van der Waals surface area contributed by atoms with E-state index in [0.29, 0.717) is 6.42 Å². The largest absolute Gasteiger partial charge is 0.369 e. The van der Waals surface area contributed by atoms with E-state index in [9.17, 15) is 4.79 Å². The van der Waals surface area contributed by atoms with E-state index < -0.39 is 0 Å². The lowest BCUT2D eigenvalue weighted by Crippen LogP contribution is -2.12. The second kappa shape index (κ2) is 2.59. The third-order valence-corrected chi connectivity index (χ3v) is 1.58. The van der Waals surface area contributed by atoms with Gasteiger partial charge in [0.1, 0.15) is 0 Å². The molecule has 0 atom stereocenters. The van der Waals surface area contributed by atoms with Gasteiger partial charge in [0.2, 0.25) is 5.91 Å². The van der Waals surface area contributed by atoms with Crippen LogP contribution in [0.25, 0.3) is 0 Å². The summed E-state index contributed by atoms with van der Waals surface area (Å²) in [5.41, 5.74) is 4.92. The van der Waals surface area contributed by atoms with Crippen LogP contribution < -0.4 is 5.73 Å². The topological polar surface area (TPSA) is 56.0 Å². The lowest BCUT2D eigenvalue weighted by atomic mass is 10.3. The maximum atomic E-state index is 10.3. The fourth-order valence-corrected chi connectivity index (χ4v) is 1.09. The Morgan fingerprint density at radius 3 is 3.11 bits per heavy atom.